The molecule has 1 atom stereocenters. The Morgan fingerprint density at radius 3 is 2.17 bits per heavy atom. The molecule has 5 heteroatoms. The highest BCUT2D eigenvalue weighted by atomic mass is 16.2. The maximum Gasteiger partial charge on any atom is 0.315 e. The van der Waals surface area contributed by atoms with Gasteiger partial charge in [-0.15, -0.1) is 0 Å². The van der Waals surface area contributed by atoms with Gasteiger partial charge < -0.3 is 16.4 Å². The van der Waals surface area contributed by atoms with Gasteiger partial charge in [0.25, 0.3) is 0 Å². The number of nitrogens with zero attached hydrogens (tertiary/aromatic N) is 1. The van der Waals surface area contributed by atoms with Crippen LogP contribution < -0.4 is 11.5 Å². The van der Waals surface area contributed by atoms with Gasteiger partial charge >= 0.3 is 6.03 Å². The average Bonchev–Trinajstić information content (AvgIpc) is 2.29. The fourth-order valence-corrected chi connectivity index (χ4v) is 3.48. The Kier molecular flexibility index (Phi) is 4.99. The Balaban J connectivity index is 3.16. The highest BCUT2D eigenvalue weighted by molar-refractivity contribution is 5.81. The smallest absolute Gasteiger partial charge is 0.315 e. The summed E-state index contributed by atoms with van der Waals surface area (Å²) >= 11 is 0. The normalized spacial score (nSPS) is 22.8. The monoisotopic (exact) mass is 255 g/mol. The van der Waals surface area contributed by atoms with Crippen molar-refractivity contribution in [3.8, 4) is 0 Å². The van der Waals surface area contributed by atoms with Crippen molar-refractivity contribution in [3.63, 3.8) is 0 Å². The van der Waals surface area contributed by atoms with Crippen LogP contribution in [0, 0.1) is 5.92 Å². The first-order valence-electron chi connectivity index (χ1n) is 6.86. The average molecular weight is 255 g/mol. The van der Waals surface area contributed by atoms with E-state index >= 15 is 0 Å². The third-order valence-electron chi connectivity index (χ3n) is 4.04. The quantitative estimate of drug-likeness (QED) is 0.781. The number of hydrogen-bond donors (Lipinski definition) is 2. The van der Waals surface area contributed by atoms with E-state index in [2.05, 4.69) is 13.8 Å². The maximum atomic E-state index is 11.7. The van der Waals surface area contributed by atoms with Gasteiger partial charge in [0.15, 0.2) is 0 Å². The molecule has 0 radical (unpaired) electrons. The predicted molar refractivity (Wildman–Crippen MR) is 70.8 cm³/mol. The van der Waals surface area contributed by atoms with Crippen LogP contribution in [0.15, 0.2) is 0 Å². The summed E-state index contributed by atoms with van der Waals surface area (Å²) in [7, 11) is 0. The molecule has 4 N–H and O–H groups in total. The van der Waals surface area contributed by atoms with Crippen LogP contribution in [0.2, 0.25) is 0 Å². The van der Waals surface area contributed by atoms with E-state index in [1.807, 2.05) is 0 Å². The van der Waals surface area contributed by atoms with E-state index in [-0.39, 0.29) is 11.8 Å². The largest absolute Gasteiger partial charge is 0.369 e. The number of amides is 3. The van der Waals surface area contributed by atoms with E-state index < -0.39 is 11.6 Å². The number of likely N-dealkylation sites (tertiary alicyclic amines) is 1. The number of rotatable bonds is 5. The van der Waals surface area contributed by atoms with Crippen LogP contribution in [0.1, 0.15) is 52.4 Å². The van der Waals surface area contributed by atoms with Crippen molar-refractivity contribution in [3.05, 3.63) is 0 Å². The molecule has 0 aromatic rings. The molecule has 0 aromatic carbocycles. The third kappa shape index (κ3) is 2.60. The van der Waals surface area contributed by atoms with Crippen LogP contribution in [-0.4, -0.2) is 28.9 Å². The molecule has 3 amide bonds. The molecule has 0 aromatic heterocycles. The summed E-state index contributed by atoms with van der Waals surface area (Å²) in [6.07, 6.45) is 4.96. The summed E-state index contributed by atoms with van der Waals surface area (Å²) in [5, 5.41) is 0. The fraction of sp³-hybridized carbons (Fsp3) is 0.846. The van der Waals surface area contributed by atoms with Crippen LogP contribution >= 0.6 is 0 Å². The van der Waals surface area contributed by atoms with E-state index in [9.17, 15) is 9.59 Å². The van der Waals surface area contributed by atoms with E-state index in [0.29, 0.717) is 6.54 Å². The van der Waals surface area contributed by atoms with Gasteiger partial charge in [0.05, 0.1) is 11.5 Å². The summed E-state index contributed by atoms with van der Waals surface area (Å²) in [6.45, 7) is 4.76. The van der Waals surface area contributed by atoms with Crippen LogP contribution in [-0.2, 0) is 4.79 Å². The lowest BCUT2D eigenvalue weighted by molar-refractivity contribution is -0.129. The molecule has 0 saturated carbocycles. The van der Waals surface area contributed by atoms with Crippen molar-refractivity contribution in [2.24, 2.45) is 17.4 Å². The topological polar surface area (TPSA) is 89.4 Å². The summed E-state index contributed by atoms with van der Waals surface area (Å²) in [5.41, 5.74) is 10.6. The number of primary amides is 2. The summed E-state index contributed by atoms with van der Waals surface area (Å²) < 4.78 is 0. The minimum atomic E-state index is -0.459. The number of carbonyl (C=O) groups excluding carboxylic acids is 2. The molecule has 0 spiro atoms. The van der Waals surface area contributed by atoms with Crippen LogP contribution in [0.5, 0.6) is 0 Å². The van der Waals surface area contributed by atoms with Gasteiger partial charge in [0.1, 0.15) is 0 Å². The van der Waals surface area contributed by atoms with Crippen molar-refractivity contribution in [2.45, 2.75) is 57.9 Å². The second kappa shape index (κ2) is 6.07. The van der Waals surface area contributed by atoms with E-state index in [1.54, 1.807) is 4.90 Å². The summed E-state index contributed by atoms with van der Waals surface area (Å²) in [5.74, 6) is -0.568. The number of hydrogen-bond acceptors (Lipinski definition) is 2. The van der Waals surface area contributed by atoms with Crippen molar-refractivity contribution < 1.29 is 9.59 Å². The SMILES string of the molecule is CCCC1(CCC)C(C(N)=O)CCCN1C(N)=O. The van der Waals surface area contributed by atoms with Gasteiger partial charge in [-0.1, -0.05) is 26.7 Å². The molecule has 1 saturated heterocycles. The van der Waals surface area contributed by atoms with E-state index in [1.165, 1.54) is 0 Å². The second-order valence-corrected chi connectivity index (χ2v) is 5.19. The predicted octanol–water partition coefficient (Wildman–Crippen LogP) is 1.60. The molecular formula is C13H25N3O2. The van der Waals surface area contributed by atoms with Gasteiger partial charge in [-0.2, -0.15) is 0 Å². The van der Waals surface area contributed by atoms with Crippen LogP contribution in [0.25, 0.3) is 0 Å². The first-order valence-corrected chi connectivity index (χ1v) is 6.86. The van der Waals surface area contributed by atoms with E-state index in [4.69, 9.17) is 11.5 Å². The Morgan fingerprint density at radius 2 is 1.78 bits per heavy atom. The molecule has 0 aliphatic carbocycles. The Hall–Kier alpha value is -1.26. The molecule has 104 valence electrons. The van der Waals surface area contributed by atoms with Crippen molar-refractivity contribution in [2.75, 3.05) is 6.54 Å². The van der Waals surface area contributed by atoms with Crippen molar-refractivity contribution in [1.82, 2.24) is 4.90 Å². The molecule has 1 aliphatic rings. The zero-order valence-corrected chi connectivity index (χ0v) is 11.4. The lowest BCUT2D eigenvalue weighted by atomic mass is 9.70. The lowest BCUT2D eigenvalue weighted by Gasteiger charge is -2.50. The highest BCUT2D eigenvalue weighted by Gasteiger charge is 2.48. The maximum absolute atomic E-state index is 11.7. The molecule has 5 nitrogen and oxygen atoms in total. The zero-order chi connectivity index (χ0) is 13.8. The van der Waals surface area contributed by atoms with Crippen LogP contribution in [0.3, 0.4) is 0 Å². The lowest BCUT2D eigenvalue weighted by Crippen LogP contribution is -2.63. The number of urea groups is 1. The summed E-state index contributed by atoms with van der Waals surface area (Å²) in [6, 6.07) is -0.428. The first-order chi connectivity index (χ1) is 8.49. The minimum absolute atomic E-state index is 0.265. The number of carbonyl (C=O) groups is 2. The van der Waals surface area contributed by atoms with Crippen LogP contribution in [0.4, 0.5) is 4.79 Å². The highest BCUT2D eigenvalue weighted by Crippen LogP contribution is 2.40. The standard InChI is InChI=1S/C13H25N3O2/c1-3-7-13(8-4-2)10(11(14)17)6-5-9-16(13)12(15)18/h10H,3-9H2,1-2H3,(H2,14,17)(H2,15,18). The summed E-state index contributed by atoms with van der Waals surface area (Å²) in [4.78, 5) is 25.1. The van der Waals surface area contributed by atoms with Gasteiger partial charge in [0.2, 0.25) is 5.91 Å². The van der Waals surface area contributed by atoms with Gasteiger partial charge in [-0.3, -0.25) is 4.79 Å². The van der Waals surface area contributed by atoms with Gasteiger partial charge in [0, 0.05) is 6.54 Å². The Morgan fingerprint density at radius 1 is 1.22 bits per heavy atom. The Labute approximate surface area is 109 Å². The fourth-order valence-electron chi connectivity index (χ4n) is 3.48. The molecule has 1 heterocycles. The van der Waals surface area contributed by atoms with Gasteiger partial charge in [-0.25, -0.2) is 4.79 Å². The third-order valence-corrected chi connectivity index (χ3v) is 4.04. The van der Waals surface area contributed by atoms with E-state index in [0.717, 1.165) is 38.5 Å². The molecular weight excluding hydrogens is 230 g/mol. The van der Waals surface area contributed by atoms with Crippen molar-refractivity contribution in [1.29, 1.82) is 0 Å². The Bertz CT molecular complexity index is 287. The first kappa shape index (κ1) is 14.8. The van der Waals surface area contributed by atoms with Gasteiger partial charge in [-0.05, 0) is 25.7 Å². The molecule has 18 heavy (non-hydrogen) atoms. The number of nitrogens with two attached hydrogens (primary N) is 2. The zero-order valence-electron chi connectivity index (χ0n) is 11.4. The minimum Gasteiger partial charge on any atom is -0.369 e. The second-order valence-electron chi connectivity index (χ2n) is 5.19. The molecule has 1 fully saturated rings. The number of piperidine rings is 1. The molecule has 1 rings (SSSR count). The molecule has 0 bridgehead atoms. The molecule has 1 aliphatic heterocycles. The van der Waals surface area contributed by atoms with Crippen molar-refractivity contribution >= 4 is 11.9 Å². The molecule has 1 unspecified atom stereocenters.